The second kappa shape index (κ2) is 7.45. The first-order valence-electron chi connectivity index (χ1n) is 11.2. The fourth-order valence-electron chi connectivity index (χ4n) is 6.41. The average Bonchev–Trinajstić information content (AvgIpc) is 2.65. The quantitative estimate of drug-likeness (QED) is 0.749. The van der Waals surface area contributed by atoms with Crippen LogP contribution in [-0.4, -0.2) is 25.0 Å². The van der Waals surface area contributed by atoms with Gasteiger partial charge in [-0.25, -0.2) is 4.79 Å². The molecule has 1 aromatic rings. The Balaban J connectivity index is 1.48. The lowest BCUT2D eigenvalue weighted by Crippen LogP contribution is -2.56. The Bertz CT molecular complexity index is 739. The Morgan fingerprint density at radius 3 is 2.00 bits per heavy atom. The first-order chi connectivity index (χ1) is 13.7. The molecule has 1 atom stereocenters. The number of nitrogens with one attached hydrogen (secondary N) is 1. The van der Waals surface area contributed by atoms with Gasteiger partial charge in [0.1, 0.15) is 6.04 Å². The molecule has 4 nitrogen and oxygen atoms in total. The minimum absolute atomic E-state index is 0.0818. The molecule has 0 saturated heterocycles. The lowest BCUT2D eigenvalue weighted by molar-refractivity contribution is -0.152. The second-order valence-electron chi connectivity index (χ2n) is 10.9. The van der Waals surface area contributed by atoms with Gasteiger partial charge in [-0.15, -0.1) is 0 Å². The van der Waals surface area contributed by atoms with Crippen molar-refractivity contribution < 1.29 is 14.3 Å². The van der Waals surface area contributed by atoms with Gasteiger partial charge in [0.2, 0.25) is 5.91 Å². The molecule has 4 saturated carbocycles. The molecule has 5 rings (SSSR count). The number of rotatable bonds is 5. The molecule has 0 spiro atoms. The van der Waals surface area contributed by atoms with E-state index < -0.39 is 6.04 Å². The van der Waals surface area contributed by atoms with Gasteiger partial charge in [-0.3, -0.25) is 4.79 Å². The van der Waals surface area contributed by atoms with Crippen LogP contribution in [0.25, 0.3) is 0 Å². The Kier molecular flexibility index (Phi) is 5.25. The molecule has 0 unspecified atom stereocenters. The molecule has 0 aromatic heterocycles. The molecule has 4 heteroatoms. The van der Waals surface area contributed by atoms with Gasteiger partial charge < -0.3 is 10.1 Å². The van der Waals surface area contributed by atoms with Crippen LogP contribution in [0.5, 0.6) is 0 Å². The van der Waals surface area contributed by atoms with Gasteiger partial charge in [0.25, 0.3) is 0 Å². The van der Waals surface area contributed by atoms with Crippen LogP contribution >= 0.6 is 0 Å². The number of benzene rings is 1. The molecular weight excluding hydrogens is 362 g/mol. The van der Waals surface area contributed by atoms with E-state index in [0.29, 0.717) is 24.2 Å². The van der Waals surface area contributed by atoms with E-state index in [2.05, 4.69) is 50.4 Å². The largest absolute Gasteiger partial charge is 0.467 e. The zero-order valence-electron chi connectivity index (χ0n) is 18.3. The van der Waals surface area contributed by atoms with Gasteiger partial charge in [-0.1, -0.05) is 45.0 Å². The van der Waals surface area contributed by atoms with Crippen LogP contribution in [0.2, 0.25) is 0 Å². The molecule has 1 N–H and O–H groups in total. The number of esters is 1. The molecule has 1 aromatic carbocycles. The van der Waals surface area contributed by atoms with Gasteiger partial charge in [0.05, 0.1) is 7.11 Å². The highest BCUT2D eigenvalue weighted by atomic mass is 16.5. The summed E-state index contributed by atoms with van der Waals surface area (Å²) in [6, 6.07) is 7.73. The first kappa shape index (κ1) is 20.4. The third-order valence-electron chi connectivity index (χ3n) is 7.57. The minimum atomic E-state index is -0.624. The van der Waals surface area contributed by atoms with Crippen molar-refractivity contribution in [3.8, 4) is 0 Å². The highest BCUT2D eigenvalue weighted by molar-refractivity contribution is 5.88. The third-order valence-corrected chi connectivity index (χ3v) is 7.57. The maximum Gasteiger partial charge on any atom is 0.328 e. The topological polar surface area (TPSA) is 55.4 Å². The molecule has 0 aliphatic heterocycles. The minimum Gasteiger partial charge on any atom is -0.467 e. The SMILES string of the molecule is COC(=O)[C@H](Cc1ccc(C(C)(C)C)cc1)NC(=O)C12CC3CC(CC(C3)C1)C2. The van der Waals surface area contributed by atoms with Crippen molar-refractivity contribution >= 4 is 11.9 Å². The van der Waals surface area contributed by atoms with Crippen LogP contribution in [-0.2, 0) is 26.2 Å². The van der Waals surface area contributed by atoms with E-state index in [4.69, 9.17) is 4.74 Å². The van der Waals surface area contributed by atoms with Crippen molar-refractivity contribution in [2.75, 3.05) is 7.11 Å². The van der Waals surface area contributed by atoms with Crippen LogP contribution in [0.15, 0.2) is 24.3 Å². The molecule has 4 bridgehead atoms. The van der Waals surface area contributed by atoms with E-state index in [1.807, 2.05) is 0 Å². The van der Waals surface area contributed by atoms with Gasteiger partial charge in [-0.05, 0) is 72.8 Å². The normalized spacial score (nSPS) is 31.4. The number of ether oxygens (including phenoxy) is 1. The van der Waals surface area contributed by atoms with Crippen LogP contribution in [0.3, 0.4) is 0 Å². The third kappa shape index (κ3) is 4.08. The molecule has 1 amide bonds. The Labute approximate surface area is 174 Å². The molecule has 4 aliphatic rings. The zero-order valence-corrected chi connectivity index (χ0v) is 18.3. The van der Waals surface area contributed by atoms with Gasteiger partial charge >= 0.3 is 5.97 Å². The zero-order chi connectivity index (χ0) is 20.8. The summed E-state index contributed by atoms with van der Waals surface area (Å²) < 4.78 is 5.03. The molecule has 29 heavy (non-hydrogen) atoms. The van der Waals surface area contributed by atoms with Crippen LogP contribution in [0.4, 0.5) is 0 Å². The maximum atomic E-state index is 13.4. The number of hydrogen-bond donors (Lipinski definition) is 1. The van der Waals surface area contributed by atoms with Crippen molar-refractivity contribution in [2.45, 2.75) is 77.2 Å². The van der Waals surface area contributed by atoms with Crippen molar-refractivity contribution in [1.29, 1.82) is 0 Å². The number of hydrogen-bond acceptors (Lipinski definition) is 3. The number of carbonyl (C=O) groups excluding carboxylic acids is 2. The predicted molar refractivity (Wildman–Crippen MR) is 113 cm³/mol. The van der Waals surface area contributed by atoms with Crippen molar-refractivity contribution in [2.24, 2.45) is 23.2 Å². The highest BCUT2D eigenvalue weighted by Crippen LogP contribution is 2.60. The number of carbonyl (C=O) groups is 2. The second-order valence-corrected chi connectivity index (χ2v) is 10.9. The summed E-state index contributed by atoms with van der Waals surface area (Å²) in [5.41, 5.74) is 2.14. The smallest absolute Gasteiger partial charge is 0.328 e. The fraction of sp³-hybridized carbons (Fsp3) is 0.680. The maximum absolute atomic E-state index is 13.4. The monoisotopic (exact) mass is 397 g/mol. The summed E-state index contributed by atoms with van der Waals surface area (Å²) >= 11 is 0. The Morgan fingerprint density at radius 1 is 1.03 bits per heavy atom. The lowest BCUT2D eigenvalue weighted by Gasteiger charge is -2.55. The number of methoxy groups -OCH3 is 1. The van der Waals surface area contributed by atoms with E-state index in [0.717, 1.165) is 24.8 Å². The van der Waals surface area contributed by atoms with Gasteiger partial charge in [-0.2, -0.15) is 0 Å². The average molecular weight is 398 g/mol. The summed E-state index contributed by atoms with van der Waals surface area (Å²) in [5, 5.41) is 3.10. The predicted octanol–water partition coefficient (Wildman–Crippen LogP) is 4.40. The van der Waals surface area contributed by atoms with Gasteiger partial charge in [0.15, 0.2) is 0 Å². The fourth-order valence-corrected chi connectivity index (χ4v) is 6.41. The molecular formula is C25H35NO3. The van der Waals surface area contributed by atoms with Crippen molar-refractivity contribution in [1.82, 2.24) is 5.32 Å². The van der Waals surface area contributed by atoms with Crippen LogP contribution < -0.4 is 5.32 Å². The lowest BCUT2D eigenvalue weighted by atomic mass is 9.49. The molecule has 0 heterocycles. The number of amides is 1. The standard InChI is InChI=1S/C25H35NO3/c1-24(2,3)20-7-5-16(6-8-20)12-21(22(27)29-4)26-23(28)25-13-17-9-18(14-25)11-19(10-17)15-25/h5-8,17-19,21H,9-15H2,1-4H3,(H,26,28)/t17?,18?,19?,21-,25?/m0/s1. The Hall–Kier alpha value is -1.84. The summed E-state index contributed by atoms with van der Waals surface area (Å²) in [7, 11) is 1.40. The highest BCUT2D eigenvalue weighted by Gasteiger charge is 2.55. The first-order valence-corrected chi connectivity index (χ1v) is 11.2. The summed E-state index contributed by atoms with van der Waals surface area (Å²) in [6.45, 7) is 6.56. The van der Waals surface area contributed by atoms with E-state index in [-0.39, 0.29) is 22.7 Å². The summed E-state index contributed by atoms with van der Waals surface area (Å²) in [6.07, 6.45) is 7.36. The van der Waals surface area contributed by atoms with Crippen molar-refractivity contribution in [3.63, 3.8) is 0 Å². The molecule has 0 radical (unpaired) electrons. The van der Waals surface area contributed by atoms with E-state index >= 15 is 0 Å². The van der Waals surface area contributed by atoms with E-state index in [1.54, 1.807) is 0 Å². The summed E-state index contributed by atoms with van der Waals surface area (Å²) in [5.74, 6) is 1.83. The van der Waals surface area contributed by atoms with E-state index in [9.17, 15) is 9.59 Å². The summed E-state index contributed by atoms with van der Waals surface area (Å²) in [4.78, 5) is 25.9. The molecule has 158 valence electrons. The van der Waals surface area contributed by atoms with Gasteiger partial charge in [0, 0.05) is 11.8 Å². The molecule has 4 aliphatic carbocycles. The van der Waals surface area contributed by atoms with Crippen LogP contribution in [0.1, 0.15) is 70.4 Å². The Morgan fingerprint density at radius 2 is 1.55 bits per heavy atom. The van der Waals surface area contributed by atoms with E-state index in [1.165, 1.54) is 31.9 Å². The van der Waals surface area contributed by atoms with Crippen molar-refractivity contribution in [3.05, 3.63) is 35.4 Å². The van der Waals surface area contributed by atoms with Crippen LogP contribution in [0, 0.1) is 23.2 Å². The molecule has 4 fully saturated rings.